The molecule has 170 valence electrons. The lowest BCUT2D eigenvalue weighted by molar-refractivity contribution is -0.119. The van der Waals surface area contributed by atoms with Crippen molar-refractivity contribution in [3.63, 3.8) is 0 Å². The summed E-state index contributed by atoms with van der Waals surface area (Å²) in [6.07, 6.45) is 6.84. The van der Waals surface area contributed by atoms with Crippen molar-refractivity contribution in [2.75, 3.05) is 0 Å². The molecule has 2 aromatic rings. The molecule has 2 aliphatic carbocycles. The van der Waals surface area contributed by atoms with E-state index in [4.69, 9.17) is 4.43 Å². The number of ketones is 1. The highest BCUT2D eigenvalue weighted by molar-refractivity contribution is 6.74. The van der Waals surface area contributed by atoms with E-state index in [2.05, 4.69) is 77.2 Å². The third kappa shape index (κ3) is 4.12. The molecule has 32 heavy (non-hydrogen) atoms. The molecule has 2 nitrogen and oxygen atoms in total. The Morgan fingerprint density at radius 1 is 1.12 bits per heavy atom. The molecular weight excluding hydrogens is 408 g/mol. The average Bonchev–Trinajstić information content (AvgIpc) is 2.74. The van der Waals surface area contributed by atoms with Crippen LogP contribution in [-0.2, 0) is 16.6 Å². The van der Waals surface area contributed by atoms with Gasteiger partial charge in [0.05, 0.1) is 0 Å². The van der Waals surface area contributed by atoms with Gasteiger partial charge in [-0.1, -0.05) is 64.1 Å². The summed E-state index contributed by atoms with van der Waals surface area (Å²) in [5, 5.41) is 0.180. The highest BCUT2D eigenvalue weighted by Crippen LogP contribution is 2.53. The van der Waals surface area contributed by atoms with E-state index in [0.717, 1.165) is 42.6 Å². The Bertz CT molecular complexity index is 1030. The van der Waals surface area contributed by atoms with Crippen molar-refractivity contribution in [3.8, 4) is 5.75 Å². The SMILES string of the molecule is CC[C@@]12C/C(=C\c3ccccc3)C(=O)C[C@H]1CCc1cc(O[Si](C)(C)C(C)(C)C)ccc12. The number of benzene rings is 2. The Labute approximate surface area is 195 Å². The molecule has 4 rings (SSSR count). The molecule has 0 aromatic heterocycles. The minimum Gasteiger partial charge on any atom is -0.543 e. The number of rotatable bonds is 4. The molecular formula is C29H38O2Si. The van der Waals surface area contributed by atoms with Crippen molar-refractivity contribution < 1.29 is 9.22 Å². The zero-order valence-corrected chi connectivity index (χ0v) is 21.6. The molecule has 0 spiro atoms. The molecule has 2 aliphatic rings. The third-order valence-electron chi connectivity index (χ3n) is 8.40. The molecule has 0 radical (unpaired) electrons. The smallest absolute Gasteiger partial charge is 0.250 e. The fraction of sp³-hybridized carbons (Fsp3) is 0.483. The first-order valence-electron chi connectivity index (χ1n) is 12.2. The Kier molecular flexibility index (Phi) is 6.00. The molecule has 0 unspecified atom stereocenters. The second kappa shape index (κ2) is 8.33. The van der Waals surface area contributed by atoms with E-state index in [0.29, 0.717) is 18.1 Å². The highest BCUT2D eigenvalue weighted by atomic mass is 28.4. The molecule has 2 aromatic carbocycles. The molecule has 0 bridgehead atoms. The van der Waals surface area contributed by atoms with Gasteiger partial charge < -0.3 is 4.43 Å². The largest absolute Gasteiger partial charge is 0.543 e. The molecule has 0 amide bonds. The molecule has 3 heteroatoms. The van der Waals surface area contributed by atoms with Gasteiger partial charge in [0.15, 0.2) is 5.78 Å². The van der Waals surface area contributed by atoms with Crippen molar-refractivity contribution in [2.24, 2.45) is 5.92 Å². The maximum Gasteiger partial charge on any atom is 0.250 e. The monoisotopic (exact) mass is 446 g/mol. The predicted octanol–water partition coefficient (Wildman–Crippen LogP) is 7.73. The van der Waals surface area contributed by atoms with Gasteiger partial charge in [-0.3, -0.25) is 4.79 Å². The van der Waals surface area contributed by atoms with Crippen molar-refractivity contribution in [3.05, 3.63) is 70.8 Å². The molecule has 0 N–H and O–H groups in total. The number of hydrogen-bond acceptors (Lipinski definition) is 2. The molecule has 0 aliphatic heterocycles. The van der Waals surface area contributed by atoms with E-state index in [1.165, 1.54) is 11.1 Å². The Hall–Kier alpha value is -2.13. The molecule has 1 saturated carbocycles. The normalized spacial score (nSPS) is 24.8. The minimum absolute atomic E-state index is 0.0532. The van der Waals surface area contributed by atoms with E-state index in [-0.39, 0.29) is 10.5 Å². The summed E-state index contributed by atoms with van der Waals surface area (Å²) < 4.78 is 6.63. The van der Waals surface area contributed by atoms with E-state index in [1.54, 1.807) is 0 Å². The maximum atomic E-state index is 13.0. The van der Waals surface area contributed by atoms with Gasteiger partial charge in [-0.2, -0.15) is 0 Å². The number of Topliss-reactive ketones (excluding diaryl/α,β-unsaturated/α-hetero) is 1. The van der Waals surface area contributed by atoms with E-state index in [9.17, 15) is 4.79 Å². The second-order valence-corrected chi connectivity index (χ2v) is 16.0. The van der Waals surface area contributed by atoms with Gasteiger partial charge in [-0.25, -0.2) is 0 Å². The minimum atomic E-state index is -1.87. The topological polar surface area (TPSA) is 26.3 Å². The first kappa shape index (κ1) is 23.0. The summed E-state index contributed by atoms with van der Waals surface area (Å²) in [7, 11) is -1.87. The summed E-state index contributed by atoms with van der Waals surface area (Å²) >= 11 is 0. The molecule has 2 atom stereocenters. The van der Waals surface area contributed by atoms with Crippen molar-refractivity contribution >= 4 is 20.2 Å². The van der Waals surface area contributed by atoms with Gasteiger partial charge in [0.2, 0.25) is 8.32 Å². The van der Waals surface area contributed by atoms with Crippen LogP contribution in [-0.4, -0.2) is 14.1 Å². The van der Waals surface area contributed by atoms with Crippen molar-refractivity contribution in [1.29, 1.82) is 0 Å². The fourth-order valence-corrected chi connectivity index (χ4v) is 6.44. The zero-order valence-electron chi connectivity index (χ0n) is 20.6. The van der Waals surface area contributed by atoms with E-state index >= 15 is 0 Å². The van der Waals surface area contributed by atoms with Gasteiger partial charge in [-0.15, -0.1) is 0 Å². The van der Waals surface area contributed by atoms with Crippen LogP contribution in [0.5, 0.6) is 5.75 Å². The first-order chi connectivity index (χ1) is 15.1. The first-order valence-corrected chi connectivity index (χ1v) is 15.1. The third-order valence-corrected chi connectivity index (χ3v) is 12.8. The van der Waals surface area contributed by atoms with E-state index in [1.807, 2.05) is 18.2 Å². The summed E-state index contributed by atoms with van der Waals surface area (Å²) in [6.45, 7) is 13.8. The van der Waals surface area contributed by atoms with Gasteiger partial charge in [0.1, 0.15) is 5.75 Å². The highest BCUT2D eigenvalue weighted by Gasteiger charge is 2.48. The van der Waals surface area contributed by atoms with Crippen LogP contribution in [0.3, 0.4) is 0 Å². The lowest BCUT2D eigenvalue weighted by atomic mass is 9.55. The Morgan fingerprint density at radius 3 is 2.50 bits per heavy atom. The number of carbonyl (C=O) groups is 1. The number of hydrogen-bond donors (Lipinski definition) is 0. The van der Waals surface area contributed by atoms with Gasteiger partial charge in [-0.05, 0) is 90.2 Å². The quantitative estimate of drug-likeness (QED) is 0.355. The molecule has 0 heterocycles. The van der Waals surface area contributed by atoms with E-state index < -0.39 is 8.32 Å². The summed E-state index contributed by atoms with van der Waals surface area (Å²) in [6, 6.07) is 17.1. The number of fused-ring (bicyclic) bond motifs is 3. The van der Waals surface area contributed by atoms with Crippen molar-refractivity contribution in [2.45, 2.75) is 83.3 Å². The van der Waals surface area contributed by atoms with Gasteiger partial charge in [0, 0.05) is 11.8 Å². The summed E-state index contributed by atoms with van der Waals surface area (Å²) in [5.74, 6) is 1.80. The Morgan fingerprint density at radius 2 is 1.84 bits per heavy atom. The number of allylic oxidation sites excluding steroid dienone is 1. The number of aryl methyl sites for hydroxylation is 1. The Balaban J connectivity index is 1.70. The van der Waals surface area contributed by atoms with Crippen LogP contribution in [0.4, 0.5) is 0 Å². The maximum absolute atomic E-state index is 13.0. The lowest BCUT2D eigenvalue weighted by Crippen LogP contribution is -2.45. The standard InChI is InChI=1S/C29H38O2Si/c1-7-29-20-23(17-21-11-9-8-10-12-21)27(30)19-24(29)14-13-22-18-25(15-16-26(22)29)31-32(5,6)28(2,3)4/h8-12,15-18,24H,7,13-14,19-20H2,1-6H3/b23-17+/t24-,29-/m1/s1. The number of carbonyl (C=O) groups excluding carboxylic acids is 1. The lowest BCUT2D eigenvalue weighted by Gasteiger charge is -2.49. The zero-order chi connectivity index (χ0) is 23.1. The van der Waals surface area contributed by atoms with Crippen molar-refractivity contribution in [1.82, 2.24) is 0 Å². The molecule has 1 fully saturated rings. The van der Waals surface area contributed by atoms with Crippen LogP contribution in [0.25, 0.3) is 6.08 Å². The predicted molar refractivity (Wildman–Crippen MR) is 137 cm³/mol. The summed E-state index contributed by atoms with van der Waals surface area (Å²) in [5.41, 5.74) is 5.04. The van der Waals surface area contributed by atoms with Crippen LogP contribution in [0.15, 0.2) is 54.1 Å². The van der Waals surface area contributed by atoms with Crippen LogP contribution in [0, 0.1) is 5.92 Å². The summed E-state index contributed by atoms with van der Waals surface area (Å²) in [4.78, 5) is 13.0. The fourth-order valence-electron chi connectivity index (χ4n) is 5.42. The van der Waals surface area contributed by atoms with Crippen LogP contribution in [0.1, 0.15) is 70.1 Å². The molecule has 0 saturated heterocycles. The van der Waals surface area contributed by atoms with Crippen LogP contribution < -0.4 is 4.43 Å². The van der Waals surface area contributed by atoms with Gasteiger partial charge >= 0.3 is 0 Å². The van der Waals surface area contributed by atoms with Crippen LogP contribution in [0.2, 0.25) is 18.1 Å². The average molecular weight is 447 g/mol. The van der Waals surface area contributed by atoms with Crippen LogP contribution >= 0.6 is 0 Å². The second-order valence-electron chi connectivity index (χ2n) is 11.3. The van der Waals surface area contributed by atoms with Gasteiger partial charge in [0.25, 0.3) is 0 Å².